The minimum Gasteiger partial charge on any atom is -0.473 e. The summed E-state index contributed by atoms with van der Waals surface area (Å²) in [4.78, 5) is 14.1. The lowest BCUT2D eigenvalue weighted by Crippen LogP contribution is -2.39. The van der Waals surface area contributed by atoms with Crippen LogP contribution < -0.4 is 15.4 Å². The molecular weight excluding hydrogens is 290 g/mol. The number of hydrogen-bond donors (Lipinski definition) is 2. The third kappa shape index (κ3) is 6.48. The van der Waals surface area contributed by atoms with Crippen molar-refractivity contribution in [3.63, 3.8) is 0 Å². The molecule has 5 heteroatoms. The third-order valence-electron chi connectivity index (χ3n) is 4.15. The molecule has 2 N–H and O–H groups in total. The molecule has 1 rings (SSSR count). The molecule has 1 aromatic rings. The van der Waals surface area contributed by atoms with Crippen LogP contribution in [0.15, 0.2) is 12.1 Å². The molecule has 0 spiro atoms. The summed E-state index contributed by atoms with van der Waals surface area (Å²) in [5.41, 5.74) is 3.38. The molecule has 0 saturated carbocycles. The second kappa shape index (κ2) is 10.1. The molecule has 0 heterocycles. The van der Waals surface area contributed by atoms with Crippen LogP contribution in [0, 0.1) is 20.8 Å². The van der Waals surface area contributed by atoms with Gasteiger partial charge in [0.1, 0.15) is 5.75 Å². The van der Waals surface area contributed by atoms with E-state index in [0.717, 1.165) is 42.9 Å². The second-order valence-electron chi connectivity index (χ2n) is 5.76. The van der Waals surface area contributed by atoms with Gasteiger partial charge >= 0.3 is 6.03 Å². The van der Waals surface area contributed by atoms with Gasteiger partial charge in [0.05, 0.1) is 0 Å². The summed E-state index contributed by atoms with van der Waals surface area (Å²) in [5.74, 6) is 0.854. The first-order valence-corrected chi connectivity index (χ1v) is 8.43. The predicted octanol–water partition coefficient (Wildman–Crippen LogP) is 2.98. The zero-order valence-electron chi connectivity index (χ0n) is 15.2. The van der Waals surface area contributed by atoms with Crippen LogP contribution in [-0.4, -0.2) is 43.8 Å². The Hall–Kier alpha value is -1.75. The number of nitrogens with one attached hydrogen (secondary N) is 2. The van der Waals surface area contributed by atoms with Crippen molar-refractivity contribution >= 4 is 6.03 Å². The van der Waals surface area contributed by atoms with Gasteiger partial charge in [0.2, 0.25) is 0 Å². The highest BCUT2D eigenvalue weighted by Crippen LogP contribution is 2.25. The molecule has 23 heavy (non-hydrogen) atoms. The van der Waals surface area contributed by atoms with Gasteiger partial charge in [-0.05, 0) is 63.5 Å². The van der Waals surface area contributed by atoms with Crippen LogP contribution in [0.4, 0.5) is 4.79 Å². The average molecular weight is 321 g/mol. The van der Waals surface area contributed by atoms with Gasteiger partial charge in [-0.2, -0.15) is 0 Å². The number of benzene rings is 1. The Morgan fingerprint density at radius 3 is 2.39 bits per heavy atom. The Bertz CT molecular complexity index is 499. The predicted molar refractivity (Wildman–Crippen MR) is 95.1 cm³/mol. The van der Waals surface area contributed by atoms with Crippen molar-refractivity contribution in [3.05, 3.63) is 28.8 Å². The summed E-state index contributed by atoms with van der Waals surface area (Å²) in [7, 11) is 0. The van der Waals surface area contributed by atoms with Crippen LogP contribution in [0.2, 0.25) is 0 Å². The van der Waals surface area contributed by atoms with Gasteiger partial charge in [-0.1, -0.05) is 26.0 Å². The van der Waals surface area contributed by atoms with E-state index in [-0.39, 0.29) is 12.8 Å². The van der Waals surface area contributed by atoms with Crippen molar-refractivity contribution in [2.24, 2.45) is 0 Å². The van der Waals surface area contributed by atoms with Crippen molar-refractivity contribution in [1.29, 1.82) is 0 Å². The number of amides is 2. The summed E-state index contributed by atoms with van der Waals surface area (Å²) in [5, 5.41) is 5.59. The highest BCUT2D eigenvalue weighted by atomic mass is 16.5. The van der Waals surface area contributed by atoms with Crippen LogP contribution >= 0.6 is 0 Å². The molecule has 0 aliphatic heterocycles. The molecule has 0 bridgehead atoms. The smallest absolute Gasteiger partial charge is 0.317 e. The molecule has 1 aromatic carbocycles. The topological polar surface area (TPSA) is 53.6 Å². The molecule has 0 aromatic heterocycles. The fourth-order valence-corrected chi connectivity index (χ4v) is 2.43. The molecule has 0 aliphatic rings. The molecule has 0 unspecified atom stereocenters. The van der Waals surface area contributed by atoms with Crippen LogP contribution in [-0.2, 0) is 0 Å². The van der Waals surface area contributed by atoms with Crippen molar-refractivity contribution in [1.82, 2.24) is 15.5 Å². The molecule has 0 saturated heterocycles. The fraction of sp³-hybridized carbons (Fsp3) is 0.611. The van der Waals surface area contributed by atoms with Gasteiger partial charge in [0, 0.05) is 6.54 Å². The zero-order chi connectivity index (χ0) is 17.2. The quantitative estimate of drug-likeness (QED) is 0.543. The van der Waals surface area contributed by atoms with Gasteiger partial charge in [0.15, 0.2) is 6.73 Å². The first-order valence-electron chi connectivity index (χ1n) is 8.43. The summed E-state index contributed by atoms with van der Waals surface area (Å²) in [6, 6.07) is 3.92. The number of hydrogen-bond acceptors (Lipinski definition) is 3. The number of rotatable bonds is 9. The van der Waals surface area contributed by atoms with Gasteiger partial charge < -0.3 is 20.3 Å². The third-order valence-corrected chi connectivity index (χ3v) is 4.15. The standard InChI is InChI=1S/C18H31N3O2/c1-6-21(7-2)12-8-11-19-18(22)20-13-23-17-15(4)10-9-14(3)16(17)5/h9-10H,6-8,11-13H2,1-5H3,(H2,19,20,22). The van der Waals surface area contributed by atoms with Crippen molar-refractivity contribution in [2.75, 3.05) is 32.9 Å². The summed E-state index contributed by atoms with van der Waals surface area (Å²) in [6.45, 7) is 14.3. The first-order chi connectivity index (χ1) is 11.0. The van der Waals surface area contributed by atoms with Gasteiger partial charge in [0.25, 0.3) is 0 Å². The molecule has 0 atom stereocenters. The minimum absolute atomic E-state index is 0.174. The Kier molecular flexibility index (Phi) is 8.48. The van der Waals surface area contributed by atoms with Crippen molar-refractivity contribution < 1.29 is 9.53 Å². The van der Waals surface area contributed by atoms with Gasteiger partial charge in [-0.15, -0.1) is 0 Å². The van der Waals surface area contributed by atoms with Crippen molar-refractivity contribution in [2.45, 2.75) is 41.0 Å². The monoisotopic (exact) mass is 321 g/mol. The van der Waals surface area contributed by atoms with E-state index < -0.39 is 0 Å². The van der Waals surface area contributed by atoms with Crippen LogP contribution in [0.5, 0.6) is 5.75 Å². The molecule has 5 nitrogen and oxygen atoms in total. The average Bonchev–Trinajstić information content (AvgIpc) is 2.54. The fourth-order valence-electron chi connectivity index (χ4n) is 2.43. The maximum absolute atomic E-state index is 11.7. The second-order valence-corrected chi connectivity index (χ2v) is 5.76. The Morgan fingerprint density at radius 1 is 1.09 bits per heavy atom. The largest absolute Gasteiger partial charge is 0.473 e. The van der Waals surface area contributed by atoms with Crippen LogP contribution in [0.3, 0.4) is 0 Å². The zero-order valence-corrected chi connectivity index (χ0v) is 15.2. The number of ether oxygens (including phenoxy) is 1. The summed E-state index contributed by atoms with van der Waals surface area (Å²) < 4.78 is 5.72. The lowest BCUT2D eigenvalue weighted by atomic mass is 10.1. The van der Waals surface area contributed by atoms with E-state index in [1.807, 2.05) is 19.9 Å². The van der Waals surface area contributed by atoms with E-state index in [0.29, 0.717) is 6.54 Å². The number of carbonyl (C=O) groups excluding carboxylic acids is 1. The Morgan fingerprint density at radius 2 is 1.74 bits per heavy atom. The maximum Gasteiger partial charge on any atom is 0.317 e. The minimum atomic E-state index is -0.187. The molecule has 2 amide bonds. The molecule has 130 valence electrons. The summed E-state index contributed by atoms with van der Waals surface area (Å²) >= 11 is 0. The lowest BCUT2D eigenvalue weighted by molar-refractivity contribution is 0.222. The first kappa shape index (κ1) is 19.3. The van der Waals surface area contributed by atoms with E-state index in [9.17, 15) is 4.79 Å². The lowest BCUT2D eigenvalue weighted by Gasteiger charge is -2.18. The number of urea groups is 1. The van der Waals surface area contributed by atoms with E-state index >= 15 is 0 Å². The molecular formula is C18H31N3O2. The highest BCUT2D eigenvalue weighted by molar-refractivity contribution is 5.73. The van der Waals surface area contributed by atoms with E-state index in [1.165, 1.54) is 5.56 Å². The Balaban J connectivity index is 2.26. The van der Waals surface area contributed by atoms with Crippen LogP contribution in [0.25, 0.3) is 0 Å². The summed E-state index contributed by atoms with van der Waals surface area (Å²) in [6.07, 6.45) is 0.950. The molecule has 0 fully saturated rings. The molecule has 0 aliphatic carbocycles. The highest BCUT2D eigenvalue weighted by Gasteiger charge is 2.07. The molecule has 0 radical (unpaired) electrons. The van der Waals surface area contributed by atoms with Crippen LogP contribution in [0.1, 0.15) is 37.0 Å². The van der Waals surface area contributed by atoms with E-state index in [1.54, 1.807) is 0 Å². The van der Waals surface area contributed by atoms with E-state index in [4.69, 9.17) is 4.74 Å². The Labute approximate surface area is 140 Å². The van der Waals surface area contributed by atoms with Gasteiger partial charge in [-0.25, -0.2) is 4.79 Å². The van der Waals surface area contributed by atoms with Crippen molar-refractivity contribution in [3.8, 4) is 5.75 Å². The maximum atomic E-state index is 11.7. The van der Waals surface area contributed by atoms with E-state index in [2.05, 4.69) is 42.4 Å². The SMILES string of the molecule is CCN(CC)CCCNC(=O)NCOc1c(C)ccc(C)c1C. The number of carbonyl (C=O) groups is 1. The van der Waals surface area contributed by atoms with Gasteiger partial charge in [-0.3, -0.25) is 0 Å². The number of nitrogens with zero attached hydrogens (tertiary/aromatic N) is 1. The number of aryl methyl sites for hydroxylation is 2. The normalized spacial score (nSPS) is 10.7.